The summed E-state index contributed by atoms with van der Waals surface area (Å²) in [4.78, 5) is 11.0. The predicted octanol–water partition coefficient (Wildman–Crippen LogP) is 4.25. The Morgan fingerprint density at radius 2 is 1.79 bits per heavy atom. The molecule has 0 saturated carbocycles. The number of ether oxygens (including phenoxy) is 1. The van der Waals surface area contributed by atoms with Gasteiger partial charge in [-0.2, -0.15) is 4.98 Å². The number of rotatable bonds is 5. The van der Waals surface area contributed by atoms with Crippen molar-refractivity contribution in [2.75, 3.05) is 41.8 Å². The summed E-state index contributed by atoms with van der Waals surface area (Å²) in [6.45, 7) is 4.72. The molecule has 4 rings (SSSR count). The maximum absolute atomic E-state index is 14.2. The Labute approximate surface area is 163 Å². The number of hydrogen-bond acceptors (Lipinski definition) is 6. The first-order valence-corrected chi connectivity index (χ1v) is 9.23. The smallest absolute Gasteiger partial charge is 0.229 e. The van der Waals surface area contributed by atoms with Gasteiger partial charge in [0.2, 0.25) is 5.95 Å². The zero-order valence-electron chi connectivity index (χ0n) is 15.7. The second-order valence-corrected chi connectivity index (χ2v) is 6.64. The van der Waals surface area contributed by atoms with Gasteiger partial charge in [0, 0.05) is 41.9 Å². The van der Waals surface area contributed by atoms with Gasteiger partial charge in [0.15, 0.2) is 0 Å². The number of morpholine rings is 1. The topological polar surface area (TPSA) is 62.3 Å². The van der Waals surface area contributed by atoms with Gasteiger partial charge in [-0.3, -0.25) is 0 Å². The van der Waals surface area contributed by atoms with Gasteiger partial charge in [0.1, 0.15) is 11.6 Å². The van der Waals surface area contributed by atoms with Gasteiger partial charge in [-0.25, -0.2) is 9.37 Å². The molecule has 1 saturated heterocycles. The minimum absolute atomic E-state index is 0.304. The molecule has 28 heavy (non-hydrogen) atoms. The second-order valence-electron chi connectivity index (χ2n) is 6.64. The molecule has 0 spiro atoms. The van der Waals surface area contributed by atoms with Gasteiger partial charge in [-0.05, 0) is 37.3 Å². The first-order chi connectivity index (χ1) is 13.7. The van der Waals surface area contributed by atoms with Crippen LogP contribution in [0.15, 0.2) is 54.7 Å². The lowest BCUT2D eigenvalue weighted by molar-refractivity contribution is 0.122. The van der Waals surface area contributed by atoms with Crippen LogP contribution in [0.4, 0.5) is 33.2 Å². The zero-order valence-corrected chi connectivity index (χ0v) is 15.7. The Morgan fingerprint density at radius 1 is 1.00 bits per heavy atom. The van der Waals surface area contributed by atoms with Crippen molar-refractivity contribution >= 4 is 28.8 Å². The van der Waals surface area contributed by atoms with E-state index in [4.69, 9.17) is 4.74 Å². The van der Waals surface area contributed by atoms with Crippen molar-refractivity contribution in [3.63, 3.8) is 0 Å². The third kappa shape index (κ3) is 4.37. The van der Waals surface area contributed by atoms with Crippen molar-refractivity contribution in [3.8, 4) is 0 Å². The Balaban J connectivity index is 1.55. The summed E-state index contributed by atoms with van der Waals surface area (Å²) in [7, 11) is 0. The number of benzene rings is 2. The Bertz CT molecular complexity index is 945. The third-order valence-electron chi connectivity index (χ3n) is 4.52. The quantitative estimate of drug-likeness (QED) is 0.691. The fraction of sp³-hybridized carbons (Fsp3) is 0.238. The van der Waals surface area contributed by atoms with Crippen molar-refractivity contribution in [2.24, 2.45) is 0 Å². The van der Waals surface area contributed by atoms with E-state index in [-0.39, 0.29) is 5.82 Å². The molecule has 3 aromatic rings. The van der Waals surface area contributed by atoms with Gasteiger partial charge >= 0.3 is 0 Å². The molecule has 1 aliphatic rings. The molecule has 2 N–H and O–H groups in total. The zero-order chi connectivity index (χ0) is 19.3. The van der Waals surface area contributed by atoms with Gasteiger partial charge in [-0.15, -0.1) is 0 Å². The second kappa shape index (κ2) is 8.22. The lowest BCUT2D eigenvalue weighted by Crippen LogP contribution is -2.36. The molecule has 0 amide bonds. The highest BCUT2D eigenvalue weighted by atomic mass is 19.1. The molecule has 1 aliphatic heterocycles. The predicted molar refractivity (Wildman–Crippen MR) is 109 cm³/mol. The van der Waals surface area contributed by atoms with Crippen LogP contribution in [0.3, 0.4) is 0 Å². The minimum Gasteiger partial charge on any atom is -0.378 e. The monoisotopic (exact) mass is 379 g/mol. The molecule has 6 nitrogen and oxygen atoms in total. The molecule has 0 unspecified atom stereocenters. The highest BCUT2D eigenvalue weighted by Crippen LogP contribution is 2.25. The summed E-state index contributed by atoms with van der Waals surface area (Å²) in [5.74, 6) is 0.803. The van der Waals surface area contributed by atoms with E-state index in [1.165, 1.54) is 12.1 Å². The number of halogens is 1. The van der Waals surface area contributed by atoms with Crippen molar-refractivity contribution in [1.29, 1.82) is 0 Å². The normalized spacial score (nSPS) is 14.0. The number of aromatic nitrogens is 2. The number of nitrogens with one attached hydrogen (secondary N) is 2. The summed E-state index contributed by atoms with van der Waals surface area (Å²) >= 11 is 0. The van der Waals surface area contributed by atoms with E-state index in [9.17, 15) is 4.39 Å². The average molecular weight is 379 g/mol. The van der Waals surface area contributed by atoms with Crippen LogP contribution < -0.4 is 15.5 Å². The fourth-order valence-corrected chi connectivity index (χ4v) is 3.07. The maximum Gasteiger partial charge on any atom is 0.229 e. The molecule has 1 aromatic heterocycles. The number of para-hydroxylation sites is 1. The Hall–Kier alpha value is -3.19. The van der Waals surface area contributed by atoms with Crippen molar-refractivity contribution in [2.45, 2.75) is 6.92 Å². The van der Waals surface area contributed by atoms with E-state index in [0.29, 0.717) is 30.7 Å². The fourth-order valence-electron chi connectivity index (χ4n) is 3.07. The summed E-state index contributed by atoms with van der Waals surface area (Å²) < 4.78 is 19.5. The molecule has 2 heterocycles. The van der Waals surface area contributed by atoms with Crippen LogP contribution in [0.2, 0.25) is 0 Å². The van der Waals surface area contributed by atoms with Gasteiger partial charge in [-0.1, -0.05) is 18.2 Å². The Morgan fingerprint density at radius 3 is 2.57 bits per heavy atom. The molecule has 1 fully saturated rings. The standard InChI is InChI=1S/C21H22FN5O/c1-15-14-23-21(26-20(15)24-17-5-3-2-4-6-17)25-18-11-16(22)12-19(13-18)27-7-9-28-10-8-27/h2-6,11-14H,7-10H2,1H3,(H2,23,24,25,26). The van der Waals surface area contributed by atoms with E-state index in [1.54, 1.807) is 6.20 Å². The Kier molecular flexibility index (Phi) is 5.34. The van der Waals surface area contributed by atoms with Crippen molar-refractivity contribution < 1.29 is 9.13 Å². The molecular formula is C21H22FN5O. The average Bonchev–Trinajstić information content (AvgIpc) is 2.71. The number of hydrogen-bond donors (Lipinski definition) is 2. The van der Waals surface area contributed by atoms with Crippen LogP contribution in [0.25, 0.3) is 0 Å². The molecule has 7 heteroatoms. The van der Waals surface area contributed by atoms with Crippen molar-refractivity contribution in [3.05, 3.63) is 66.1 Å². The molecule has 0 radical (unpaired) electrons. The summed E-state index contributed by atoms with van der Waals surface area (Å²) in [5, 5.41) is 6.40. The van der Waals surface area contributed by atoms with Crippen LogP contribution >= 0.6 is 0 Å². The van der Waals surface area contributed by atoms with Gasteiger partial charge in [0.25, 0.3) is 0 Å². The van der Waals surface area contributed by atoms with Crippen LogP contribution in [0.1, 0.15) is 5.56 Å². The molecule has 144 valence electrons. The highest BCUT2D eigenvalue weighted by Gasteiger charge is 2.14. The maximum atomic E-state index is 14.2. The summed E-state index contributed by atoms with van der Waals surface area (Å²) in [6, 6.07) is 14.7. The first-order valence-electron chi connectivity index (χ1n) is 9.23. The van der Waals surface area contributed by atoms with E-state index in [2.05, 4.69) is 25.5 Å². The van der Waals surface area contributed by atoms with E-state index in [0.717, 1.165) is 30.0 Å². The number of aryl methyl sites for hydroxylation is 1. The first kappa shape index (κ1) is 18.2. The molecule has 0 aliphatic carbocycles. The summed E-state index contributed by atoms with van der Waals surface area (Å²) in [6.07, 6.45) is 1.74. The van der Waals surface area contributed by atoms with Crippen LogP contribution in [0, 0.1) is 12.7 Å². The lowest BCUT2D eigenvalue weighted by atomic mass is 10.2. The highest BCUT2D eigenvalue weighted by molar-refractivity contribution is 5.65. The molecule has 0 atom stereocenters. The lowest BCUT2D eigenvalue weighted by Gasteiger charge is -2.29. The third-order valence-corrected chi connectivity index (χ3v) is 4.52. The summed E-state index contributed by atoms with van der Waals surface area (Å²) in [5.41, 5.74) is 3.29. The van der Waals surface area contributed by atoms with Crippen LogP contribution in [0.5, 0.6) is 0 Å². The minimum atomic E-state index is -0.304. The molecule has 0 bridgehead atoms. The number of anilines is 5. The molecule has 2 aromatic carbocycles. The van der Waals surface area contributed by atoms with Crippen molar-refractivity contribution in [1.82, 2.24) is 9.97 Å². The van der Waals surface area contributed by atoms with Gasteiger partial charge < -0.3 is 20.3 Å². The van der Waals surface area contributed by atoms with Crippen LogP contribution in [-0.2, 0) is 4.74 Å². The largest absolute Gasteiger partial charge is 0.378 e. The van der Waals surface area contributed by atoms with E-state index < -0.39 is 0 Å². The molecular weight excluding hydrogens is 357 g/mol. The SMILES string of the molecule is Cc1cnc(Nc2cc(F)cc(N3CCOCC3)c2)nc1Nc1ccccc1. The van der Waals surface area contributed by atoms with Gasteiger partial charge in [0.05, 0.1) is 13.2 Å². The van der Waals surface area contributed by atoms with E-state index >= 15 is 0 Å². The van der Waals surface area contributed by atoms with E-state index in [1.807, 2.05) is 43.3 Å². The number of nitrogens with zero attached hydrogens (tertiary/aromatic N) is 3. The van der Waals surface area contributed by atoms with Crippen LogP contribution in [-0.4, -0.2) is 36.3 Å².